The standard InChI is InChI=1S/C15H20ClNO5S/c1-11(18)17(10-14-4-3-7-21-14)9-12-8-13(16)5-6-15(12)22-23(2,19)20/h5-6,8,14H,3-4,7,9-10H2,1-2H3/t14-/m1/s1. The Balaban J connectivity index is 2.20. The van der Waals surface area contributed by atoms with Gasteiger partial charge >= 0.3 is 10.1 Å². The van der Waals surface area contributed by atoms with E-state index in [1.165, 1.54) is 13.0 Å². The maximum Gasteiger partial charge on any atom is 0.306 e. The average molecular weight is 362 g/mol. The molecule has 1 heterocycles. The van der Waals surface area contributed by atoms with Crippen LogP contribution in [0, 0.1) is 0 Å². The first-order chi connectivity index (χ1) is 10.7. The van der Waals surface area contributed by atoms with E-state index in [1.807, 2.05) is 0 Å². The fraction of sp³-hybridized carbons (Fsp3) is 0.533. The lowest BCUT2D eigenvalue weighted by molar-refractivity contribution is -0.131. The number of ether oxygens (including phenoxy) is 1. The van der Waals surface area contributed by atoms with Crippen LogP contribution >= 0.6 is 11.6 Å². The van der Waals surface area contributed by atoms with Crippen LogP contribution in [0.1, 0.15) is 25.3 Å². The van der Waals surface area contributed by atoms with Gasteiger partial charge in [-0.2, -0.15) is 8.42 Å². The van der Waals surface area contributed by atoms with Crippen LogP contribution in [0.2, 0.25) is 5.02 Å². The second kappa shape index (κ2) is 7.51. The topological polar surface area (TPSA) is 72.9 Å². The Morgan fingerprint density at radius 3 is 2.78 bits per heavy atom. The average Bonchev–Trinajstić information content (AvgIpc) is 2.92. The van der Waals surface area contributed by atoms with Gasteiger partial charge in [0.2, 0.25) is 5.91 Å². The van der Waals surface area contributed by atoms with Crippen LogP contribution in [0.5, 0.6) is 5.75 Å². The number of carbonyl (C=O) groups excluding carboxylic acids is 1. The number of nitrogens with zero attached hydrogens (tertiary/aromatic N) is 1. The minimum Gasteiger partial charge on any atom is -0.382 e. The molecule has 0 N–H and O–H groups in total. The second-order valence-corrected chi connectivity index (χ2v) is 7.59. The summed E-state index contributed by atoms with van der Waals surface area (Å²) in [6, 6.07) is 4.64. The number of hydrogen-bond acceptors (Lipinski definition) is 5. The van der Waals surface area contributed by atoms with E-state index in [0.717, 1.165) is 19.1 Å². The molecule has 1 amide bonds. The quantitative estimate of drug-likeness (QED) is 0.726. The summed E-state index contributed by atoms with van der Waals surface area (Å²) in [5.41, 5.74) is 0.538. The van der Waals surface area contributed by atoms with Gasteiger partial charge in [-0.3, -0.25) is 4.79 Å². The van der Waals surface area contributed by atoms with Crippen molar-refractivity contribution in [1.82, 2.24) is 4.90 Å². The smallest absolute Gasteiger partial charge is 0.306 e. The van der Waals surface area contributed by atoms with E-state index < -0.39 is 10.1 Å². The molecule has 128 valence electrons. The molecule has 1 fully saturated rings. The van der Waals surface area contributed by atoms with Crippen molar-refractivity contribution < 1.29 is 22.1 Å². The molecule has 6 nitrogen and oxygen atoms in total. The van der Waals surface area contributed by atoms with Gasteiger partial charge in [0.05, 0.1) is 12.4 Å². The highest BCUT2D eigenvalue weighted by Crippen LogP contribution is 2.26. The van der Waals surface area contributed by atoms with Crippen molar-refractivity contribution in [2.45, 2.75) is 32.4 Å². The molecule has 0 aromatic heterocycles. The molecule has 1 aliphatic heterocycles. The normalized spacial score (nSPS) is 18.0. The Morgan fingerprint density at radius 1 is 1.48 bits per heavy atom. The zero-order valence-electron chi connectivity index (χ0n) is 13.1. The third-order valence-corrected chi connectivity index (χ3v) is 4.24. The lowest BCUT2D eigenvalue weighted by atomic mass is 10.1. The van der Waals surface area contributed by atoms with Gasteiger partial charge in [-0.15, -0.1) is 0 Å². The Morgan fingerprint density at radius 2 is 2.22 bits per heavy atom. The van der Waals surface area contributed by atoms with Crippen molar-refractivity contribution in [3.8, 4) is 5.75 Å². The minimum absolute atomic E-state index is 0.0114. The predicted molar refractivity (Wildman–Crippen MR) is 87.0 cm³/mol. The zero-order valence-corrected chi connectivity index (χ0v) is 14.7. The Labute approximate surface area is 141 Å². The summed E-state index contributed by atoms with van der Waals surface area (Å²) in [7, 11) is -3.66. The van der Waals surface area contributed by atoms with E-state index in [2.05, 4.69) is 0 Å². The summed E-state index contributed by atoms with van der Waals surface area (Å²) in [5.74, 6) is 0.0567. The Hall–Kier alpha value is -1.31. The third kappa shape index (κ3) is 5.67. The van der Waals surface area contributed by atoms with E-state index in [0.29, 0.717) is 23.7 Å². The van der Waals surface area contributed by atoms with E-state index in [9.17, 15) is 13.2 Å². The molecule has 1 atom stereocenters. The van der Waals surface area contributed by atoms with Crippen LogP contribution in [0.4, 0.5) is 0 Å². The molecule has 8 heteroatoms. The molecule has 0 radical (unpaired) electrons. The summed E-state index contributed by atoms with van der Waals surface area (Å²) in [6.07, 6.45) is 2.88. The number of rotatable bonds is 6. The number of carbonyl (C=O) groups is 1. The van der Waals surface area contributed by atoms with Crippen molar-refractivity contribution >= 4 is 27.6 Å². The zero-order chi connectivity index (χ0) is 17.0. The lowest BCUT2D eigenvalue weighted by Crippen LogP contribution is -2.35. The molecular formula is C15H20ClNO5S. The van der Waals surface area contributed by atoms with Crippen LogP contribution in [0.3, 0.4) is 0 Å². The third-order valence-electron chi connectivity index (χ3n) is 3.52. The molecule has 1 aromatic rings. The summed E-state index contributed by atoms with van der Waals surface area (Å²) in [4.78, 5) is 13.5. The molecule has 1 aliphatic rings. The van der Waals surface area contributed by atoms with Crippen LogP contribution in [0.25, 0.3) is 0 Å². The summed E-state index contributed by atoms with van der Waals surface area (Å²) in [6.45, 7) is 2.84. The van der Waals surface area contributed by atoms with E-state index in [-0.39, 0.29) is 24.3 Å². The highest BCUT2D eigenvalue weighted by Gasteiger charge is 2.22. The van der Waals surface area contributed by atoms with Crippen molar-refractivity contribution in [1.29, 1.82) is 0 Å². The number of hydrogen-bond donors (Lipinski definition) is 0. The van der Waals surface area contributed by atoms with Gasteiger partial charge in [0.15, 0.2) is 0 Å². The summed E-state index contributed by atoms with van der Waals surface area (Å²) in [5, 5.41) is 0.446. The summed E-state index contributed by atoms with van der Waals surface area (Å²) < 4.78 is 33.3. The first-order valence-corrected chi connectivity index (χ1v) is 9.49. The molecule has 0 saturated carbocycles. The highest BCUT2D eigenvalue weighted by molar-refractivity contribution is 7.86. The maximum absolute atomic E-state index is 11.9. The monoisotopic (exact) mass is 361 g/mol. The van der Waals surface area contributed by atoms with E-state index >= 15 is 0 Å². The molecule has 1 aromatic carbocycles. The van der Waals surface area contributed by atoms with Gasteiger partial charge in [0.25, 0.3) is 0 Å². The van der Waals surface area contributed by atoms with Crippen molar-refractivity contribution in [2.75, 3.05) is 19.4 Å². The molecule has 1 saturated heterocycles. The number of benzene rings is 1. The van der Waals surface area contributed by atoms with Crippen LogP contribution in [-0.4, -0.2) is 44.7 Å². The Kier molecular flexibility index (Phi) is 5.89. The predicted octanol–water partition coefficient (Wildman–Crippen LogP) is 2.21. The van der Waals surface area contributed by atoms with Gasteiger partial charge < -0.3 is 13.8 Å². The second-order valence-electron chi connectivity index (χ2n) is 5.57. The molecule has 2 rings (SSSR count). The first kappa shape index (κ1) is 18.0. The SMILES string of the molecule is CC(=O)N(Cc1cc(Cl)ccc1OS(C)(=O)=O)C[C@H]1CCCO1. The van der Waals surface area contributed by atoms with Crippen molar-refractivity contribution in [3.05, 3.63) is 28.8 Å². The van der Waals surface area contributed by atoms with Gasteiger partial charge in [0.1, 0.15) is 5.75 Å². The molecule has 0 spiro atoms. The van der Waals surface area contributed by atoms with Gasteiger partial charge in [-0.25, -0.2) is 0 Å². The van der Waals surface area contributed by atoms with E-state index in [4.69, 9.17) is 20.5 Å². The van der Waals surface area contributed by atoms with E-state index in [1.54, 1.807) is 17.0 Å². The number of halogens is 1. The van der Waals surface area contributed by atoms with Crippen LogP contribution in [-0.2, 0) is 26.2 Å². The minimum atomic E-state index is -3.66. The van der Waals surface area contributed by atoms with Gasteiger partial charge in [-0.1, -0.05) is 11.6 Å². The van der Waals surface area contributed by atoms with Crippen LogP contribution < -0.4 is 4.18 Å². The fourth-order valence-corrected chi connectivity index (χ4v) is 3.14. The first-order valence-electron chi connectivity index (χ1n) is 7.29. The van der Waals surface area contributed by atoms with Crippen molar-refractivity contribution in [3.63, 3.8) is 0 Å². The maximum atomic E-state index is 11.9. The van der Waals surface area contributed by atoms with Gasteiger partial charge in [-0.05, 0) is 31.0 Å². The van der Waals surface area contributed by atoms with Gasteiger partial charge in [0, 0.05) is 37.2 Å². The Bertz CT molecular complexity index is 670. The largest absolute Gasteiger partial charge is 0.382 e. The molecule has 0 aliphatic carbocycles. The fourth-order valence-electron chi connectivity index (χ4n) is 2.46. The summed E-state index contributed by atoms with van der Waals surface area (Å²) >= 11 is 5.99. The molecule has 0 bridgehead atoms. The van der Waals surface area contributed by atoms with Crippen LogP contribution in [0.15, 0.2) is 18.2 Å². The highest BCUT2D eigenvalue weighted by atomic mass is 35.5. The molecular weight excluding hydrogens is 342 g/mol. The van der Waals surface area contributed by atoms with Crippen molar-refractivity contribution in [2.24, 2.45) is 0 Å². The lowest BCUT2D eigenvalue weighted by Gasteiger charge is -2.25. The molecule has 23 heavy (non-hydrogen) atoms. The number of amides is 1. The molecule has 0 unspecified atom stereocenters.